The quantitative estimate of drug-likeness (QED) is 0.507. The zero-order valence-electron chi connectivity index (χ0n) is 7.38. The van der Waals surface area contributed by atoms with Gasteiger partial charge in [0.2, 0.25) is 5.78 Å². The van der Waals surface area contributed by atoms with Crippen molar-refractivity contribution in [2.45, 2.75) is 6.92 Å². The second kappa shape index (κ2) is 2.99. The van der Waals surface area contributed by atoms with Gasteiger partial charge >= 0.3 is 5.82 Å². The van der Waals surface area contributed by atoms with E-state index in [2.05, 4.69) is 9.79 Å². The second-order valence-electron chi connectivity index (χ2n) is 2.75. The van der Waals surface area contributed by atoms with Gasteiger partial charge in [-0.3, -0.25) is 14.0 Å². The molecule has 0 unspecified atom stereocenters. The molecule has 0 saturated carbocycles. The third-order valence-electron chi connectivity index (χ3n) is 1.78. The van der Waals surface area contributed by atoms with E-state index < -0.39 is 0 Å². The summed E-state index contributed by atoms with van der Waals surface area (Å²) in [7, 11) is 0. The van der Waals surface area contributed by atoms with Gasteiger partial charge < -0.3 is 5.21 Å². The second-order valence-corrected chi connectivity index (χ2v) is 2.75. The van der Waals surface area contributed by atoms with Gasteiger partial charge in [0.25, 0.3) is 5.69 Å². The van der Waals surface area contributed by atoms with Crippen LogP contribution in [0.1, 0.15) is 17.4 Å². The molecule has 0 aliphatic carbocycles. The molecular formula is C8H7N3O3. The largest absolute Gasteiger partial charge is 0.359 e. The van der Waals surface area contributed by atoms with Crippen molar-refractivity contribution in [2.75, 3.05) is 0 Å². The summed E-state index contributed by atoms with van der Waals surface area (Å²) in [4.78, 5) is 11.2. The van der Waals surface area contributed by atoms with Crippen molar-refractivity contribution in [1.82, 2.24) is 9.72 Å². The first-order valence-electron chi connectivity index (χ1n) is 3.94. The SMILES string of the molecule is CC(=O)c1c(-n2cccc2)no[n+]1[O-]. The predicted octanol–water partition coefficient (Wildman–Crippen LogP) is 0.301. The number of aromatic nitrogens is 3. The van der Waals surface area contributed by atoms with Gasteiger partial charge in [-0.25, -0.2) is 0 Å². The van der Waals surface area contributed by atoms with Crippen molar-refractivity contribution in [3.63, 3.8) is 0 Å². The van der Waals surface area contributed by atoms with Crippen LogP contribution in [-0.2, 0) is 0 Å². The minimum absolute atomic E-state index is 0.0961. The summed E-state index contributed by atoms with van der Waals surface area (Å²) in [6.45, 7) is 1.29. The molecule has 6 nitrogen and oxygen atoms in total. The highest BCUT2D eigenvalue weighted by Gasteiger charge is 2.24. The number of hydrogen-bond acceptors (Lipinski definition) is 4. The van der Waals surface area contributed by atoms with E-state index in [1.54, 1.807) is 24.5 Å². The lowest BCUT2D eigenvalue weighted by Gasteiger charge is -1.93. The topological polar surface area (TPSA) is 75.0 Å². The van der Waals surface area contributed by atoms with Crippen LogP contribution >= 0.6 is 0 Å². The van der Waals surface area contributed by atoms with Crippen molar-refractivity contribution in [1.29, 1.82) is 0 Å². The van der Waals surface area contributed by atoms with Crippen molar-refractivity contribution in [2.24, 2.45) is 0 Å². The van der Waals surface area contributed by atoms with Crippen molar-refractivity contribution in [3.05, 3.63) is 35.4 Å². The first kappa shape index (κ1) is 8.49. The minimum atomic E-state index is -0.384. The molecule has 2 aromatic rings. The van der Waals surface area contributed by atoms with Crippen LogP contribution in [0.2, 0.25) is 0 Å². The average Bonchev–Trinajstić information content (AvgIpc) is 2.70. The molecule has 0 radical (unpaired) electrons. The highest BCUT2D eigenvalue weighted by molar-refractivity contribution is 5.93. The van der Waals surface area contributed by atoms with Crippen molar-refractivity contribution < 1.29 is 14.3 Å². The van der Waals surface area contributed by atoms with Crippen molar-refractivity contribution in [3.8, 4) is 5.82 Å². The maximum absolute atomic E-state index is 11.1. The molecule has 0 fully saturated rings. The number of carbonyl (C=O) groups excluding carboxylic acids is 1. The third kappa shape index (κ3) is 1.17. The van der Waals surface area contributed by atoms with E-state index >= 15 is 0 Å². The molecule has 0 amide bonds. The molecule has 0 spiro atoms. The molecule has 72 valence electrons. The molecule has 0 aliphatic heterocycles. The molecule has 0 aromatic carbocycles. The van der Waals surface area contributed by atoms with Crippen LogP contribution < -0.4 is 4.90 Å². The first-order chi connectivity index (χ1) is 6.70. The molecule has 0 saturated heterocycles. The van der Waals surface area contributed by atoms with Crippen LogP contribution in [0.5, 0.6) is 0 Å². The van der Waals surface area contributed by atoms with E-state index in [4.69, 9.17) is 0 Å². The van der Waals surface area contributed by atoms with Gasteiger partial charge in [0, 0.05) is 19.3 Å². The molecule has 2 aromatic heterocycles. The van der Waals surface area contributed by atoms with E-state index in [9.17, 15) is 10.0 Å². The Bertz CT molecular complexity index is 458. The van der Waals surface area contributed by atoms with Gasteiger partial charge in [0.15, 0.2) is 0 Å². The van der Waals surface area contributed by atoms with E-state index in [-0.39, 0.29) is 22.2 Å². The Morgan fingerprint density at radius 3 is 2.79 bits per heavy atom. The number of carbonyl (C=O) groups is 1. The Morgan fingerprint density at radius 1 is 1.57 bits per heavy atom. The smallest absolute Gasteiger partial charge is 0.329 e. The lowest BCUT2D eigenvalue weighted by Crippen LogP contribution is -2.30. The van der Waals surface area contributed by atoms with Crippen LogP contribution in [0, 0.1) is 5.21 Å². The molecule has 0 N–H and O–H groups in total. The highest BCUT2D eigenvalue weighted by Crippen LogP contribution is 2.08. The summed E-state index contributed by atoms with van der Waals surface area (Å²) >= 11 is 0. The van der Waals surface area contributed by atoms with Gasteiger partial charge in [-0.1, -0.05) is 0 Å². The van der Waals surface area contributed by atoms with Gasteiger partial charge in [-0.2, -0.15) is 0 Å². The van der Waals surface area contributed by atoms with Gasteiger partial charge in [-0.15, -0.1) is 0 Å². The normalized spacial score (nSPS) is 10.4. The summed E-state index contributed by atoms with van der Waals surface area (Å²) in [5.41, 5.74) is -0.0961. The fraction of sp³-hybridized carbons (Fsp3) is 0.125. The fourth-order valence-corrected chi connectivity index (χ4v) is 1.17. The molecule has 0 atom stereocenters. The average molecular weight is 193 g/mol. The molecule has 0 aliphatic rings. The summed E-state index contributed by atoms with van der Waals surface area (Å²) in [5, 5.41) is 14.5. The summed E-state index contributed by atoms with van der Waals surface area (Å²) in [6, 6.07) is 3.52. The minimum Gasteiger partial charge on any atom is -0.359 e. The van der Waals surface area contributed by atoms with Crippen LogP contribution in [0.3, 0.4) is 0 Å². The number of nitrogens with zero attached hydrogens (tertiary/aromatic N) is 3. The van der Waals surface area contributed by atoms with E-state index in [0.29, 0.717) is 0 Å². The Morgan fingerprint density at radius 2 is 2.21 bits per heavy atom. The highest BCUT2D eigenvalue weighted by atomic mass is 16.8. The van der Waals surface area contributed by atoms with Gasteiger partial charge in [0.05, 0.1) is 5.16 Å². The van der Waals surface area contributed by atoms with Crippen LogP contribution in [-0.4, -0.2) is 15.5 Å². The zero-order valence-corrected chi connectivity index (χ0v) is 7.38. The van der Waals surface area contributed by atoms with Crippen molar-refractivity contribution >= 4 is 5.78 Å². The molecule has 0 bridgehead atoms. The molecular weight excluding hydrogens is 186 g/mol. The molecule has 6 heteroatoms. The molecule has 14 heavy (non-hydrogen) atoms. The maximum atomic E-state index is 11.1. The van der Waals surface area contributed by atoms with Crippen LogP contribution in [0.15, 0.2) is 29.2 Å². The molecule has 2 heterocycles. The lowest BCUT2D eigenvalue weighted by molar-refractivity contribution is -0.803. The number of rotatable bonds is 2. The predicted molar refractivity (Wildman–Crippen MR) is 44.8 cm³/mol. The summed E-state index contributed by atoms with van der Waals surface area (Å²) < 4.78 is 5.89. The first-order valence-corrected chi connectivity index (χ1v) is 3.94. The van der Waals surface area contributed by atoms with Gasteiger partial charge in [-0.05, 0) is 17.0 Å². The Balaban J connectivity index is 2.60. The fourth-order valence-electron chi connectivity index (χ4n) is 1.17. The summed E-state index contributed by atoms with van der Waals surface area (Å²) in [6.07, 6.45) is 3.34. The maximum Gasteiger partial charge on any atom is 0.329 e. The number of Topliss-reactive ketones (excluding diaryl/α,β-unsaturated/α-hetero) is 1. The monoisotopic (exact) mass is 193 g/mol. The van der Waals surface area contributed by atoms with Gasteiger partial charge in [0.1, 0.15) is 0 Å². The third-order valence-corrected chi connectivity index (χ3v) is 1.78. The zero-order chi connectivity index (χ0) is 10.1. The summed E-state index contributed by atoms with van der Waals surface area (Å²) in [5.74, 6) is -0.178. The van der Waals surface area contributed by atoms with E-state index in [1.165, 1.54) is 11.5 Å². The lowest BCUT2D eigenvalue weighted by atomic mass is 10.3. The Kier molecular flexibility index (Phi) is 1.81. The number of ketones is 1. The standard InChI is InChI=1S/C8H7N3O3/c1-6(12)7-8(9-14-11(7)13)10-4-2-3-5-10/h2-5H,1H3. The van der Waals surface area contributed by atoms with Crippen LogP contribution in [0.4, 0.5) is 0 Å². The number of hydrogen-bond donors (Lipinski definition) is 0. The molecule has 2 rings (SSSR count). The Labute approximate surface area is 78.9 Å². The Hall–Kier alpha value is -2.11. The van der Waals surface area contributed by atoms with E-state index in [1.807, 2.05) is 0 Å². The van der Waals surface area contributed by atoms with Crippen LogP contribution in [0.25, 0.3) is 5.82 Å². The van der Waals surface area contributed by atoms with E-state index in [0.717, 1.165) is 0 Å².